The molecule has 1 N–H and O–H groups in total. The van der Waals surface area contributed by atoms with Crippen LogP contribution >= 0.6 is 23.2 Å². The summed E-state index contributed by atoms with van der Waals surface area (Å²) in [7, 11) is 0. The van der Waals surface area contributed by atoms with Crippen LogP contribution in [0.25, 0.3) is 17.1 Å². The molecule has 5 nitrogen and oxygen atoms in total. The summed E-state index contributed by atoms with van der Waals surface area (Å²) in [5, 5.41) is 8.51. The van der Waals surface area contributed by atoms with Gasteiger partial charge in [-0.1, -0.05) is 59.6 Å². The predicted octanol–water partition coefficient (Wildman–Crippen LogP) is 6.11. The van der Waals surface area contributed by atoms with E-state index < -0.39 is 5.91 Å². The lowest BCUT2D eigenvalue weighted by molar-refractivity contribution is 0.101. The van der Waals surface area contributed by atoms with Crippen molar-refractivity contribution >= 4 is 34.8 Å². The molecule has 7 heteroatoms. The van der Waals surface area contributed by atoms with Crippen LogP contribution in [0.5, 0.6) is 0 Å². The number of nitrogens with one attached hydrogen (secondary N) is 1. The number of amides is 1. The average molecular weight is 437 g/mol. The van der Waals surface area contributed by atoms with Crippen LogP contribution in [-0.2, 0) is 0 Å². The quantitative estimate of drug-likeness (QED) is 0.419. The minimum absolute atomic E-state index is 0.0487. The molecule has 0 bridgehead atoms. The summed E-state index contributed by atoms with van der Waals surface area (Å²) in [6.07, 6.45) is 0. The van der Waals surface area contributed by atoms with Gasteiger partial charge in [0.1, 0.15) is 0 Å². The van der Waals surface area contributed by atoms with E-state index in [4.69, 9.17) is 23.2 Å². The third-order valence-corrected chi connectivity index (χ3v) is 5.16. The van der Waals surface area contributed by atoms with Crippen LogP contribution in [0.2, 0.25) is 10.0 Å². The number of benzene rings is 3. The molecular weight excluding hydrogens is 419 g/mol. The molecule has 30 heavy (non-hydrogen) atoms. The molecule has 150 valence electrons. The lowest BCUT2D eigenvalue weighted by atomic mass is 10.1. The van der Waals surface area contributed by atoms with Gasteiger partial charge in [-0.3, -0.25) is 4.79 Å². The van der Waals surface area contributed by atoms with Crippen LogP contribution in [0.3, 0.4) is 0 Å². The zero-order valence-electron chi connectivity index (χ0n) is 16.4. The van der Waals surface area contributed by atoms with Crippen molar-refractivity contribution in [3.63, 3.8) is 0 Å². The Morgan fingerprint density at radius 1 is 0.900 bits per heavy atom. The molecule has 0 spiro atoms. The monoisotopic (exact) mass is 436 g/mol. The van der Waals surface area contributed by atoms with Gasteiger partial charge in [-0.05, 0) is 55.3 Å². The number of nitrogens with zero attached hydrogens (tertiary/aromatic N) is 3. The highest BCUT2D eigenvalue weighted by atomic mass is 35.5. The highest BCUT2D eigenvalue weighted by Gasteiger charge is 2.20. The smallest absolute Gasteiger partial charge is 0.295 e. The van der Waals surface area contributed by atoms with Gasteiger partial charge in [0.05, 0.1) is 5.69 Å². The van der Waals surface area contributed by atoms with Gasteiger partial charge in [-0.25, -0.2) is 9.67 Å². The van der Waals surface area contributed by atoms with Crippen molar-refractivity contribution in [1.29, 1.82) is 0 Å². The van der Waals surface area contributed by atoms with E-state index in [1.807, 2.05) is 62.4 Å². The van der Waals surface area contributed by atoms with E-state index in [1.54, 1.807) is 22.9 Å². The first-order chi connectivity index (χ1) is 14.4. The van der Waals surface area contributed by atoms with Crippen molar-refractivity contribution in [3.05, 3.63) is 93.7 Å². The number of carbonyl (C=O) groups excluding carboxylic acids is 1. The van der Waals surface area contributed by atoms with E-state index in [2.05, 4.69) is 15.4 Å². The molecule has 1 amide bonds. The summed E-state index contributed by atoms with van der Waals surface area (Å²) < 4.78 is 1.62. The molecular formula is C23H18Cl2N4O. The summed E-state index contributed by atoms with van der Waals surface area (Å²) in [6.45, 7) is 3.87. The number of rotatable bonds is 4. The summed E-state index contributed by atoms with van der Waals surface area (Å²) >= 11 is 12.4. The van der Waals surface area contributed by atoms with Gasteiger partial charge in [0.15, 0.2) is 5.82 Å². The molecule has 0 saturated carbocycles. The molecule has 0 aliphatic heterocycles. The second-order valence-electron chi connectivity index (χ2n) is 6.88. The predicted molar refractivity (Wildman–Crippen MR) is 121 cm³/mol. The molecule has 0 unspecified atom stereocenters. The topological polar surface area (TPSA) is 59.8 Å². The maximum atomic E-state index is 12.9. The molecule has 0 atom stereocenters. The fourth-order valence-electron chi connectivity index (χ4n) is 3.09. The van der Waals surface area contributed by atoms with Crippen molar-refractivity contribution in [3.8, 4) is 17.1 Å². The Labute approximate surface area is 184 Å². The molecule has 1 heterocycles. The Morgan fingerprint density at radius 3 is 2.43 bits per heavy atom. The molecule has 0 aliphatic rings. The largest absolute Gasteiger partial charge is 0.319 e. The third kappa shape index (κ3) is 4.08. The fraction of sp³-hybridized carbons (Fsp3) is 0.0870. The van der Waals surface area contributed by atoms with E-state index >= 15 is 0 Å². The number of aryl methyl sites for hydroxylation is 2. The zero-order valence-corrected chi connectivity index (χ0v) is 17.9. The van der Waals surface area contributed by atoms with Crippen molar-refractivity contribution in [2.24, 2.45) is 0 Å². The van der Waals surface area contributed by atoms with Gasteiger partial charge in [0, 0.05) is 21.3 Å². The van der Waals surface area contributed by atoms with Crippen molar-refractivity contribution < 1.29 is 4.79 Å². The third-order valence-electron chi connectivity index (χ3n) is 4.69. The zero-order chi connectivity index (χ0) is 21.3. The van der Waals surface area contributed by atoms with Crippen LogP contribution in [0.4, 0.5) is 5.69 Å². The summed E-state index contributed by atoms with van der Waals surface area (Å²) in [4.78, 5) is 17.4. The van der Waals surface area contributed by atoms with Crippen LogP contribution < -0.4 is 5.32 Å². The van der Waals surface area contributed by atoms with E-state index in [0.29, 0.717) is 21.6 Å². The molecule has 4 rings (SSSR count). The lowest BCUT2D eigenvalue weighted by Gasteiger charge is -2.09. The summed E-state index contributed by atoms with van der Waals surface area (Å²) in [5.74, 6) is 0.149. The van der Waals surface area contributed by atoms with Crippen LogP contribution in [0.15, 0.2) is 66.7 Å². The molecule has 0 radical (unpaired) electrons. The van der Waals surface area contributed by atoms with Crippen LogP contribution in [0.1, 0.15) is 21.7 Å². The number of anilines is 1. The van der Waals surface area contributed by atoms with Crippen molar-refractivity contribution in [2.75, 3.05) is 5.32 Å². The Balaban J connectivity index is 1.83. The standard InChI is InChI=1S/C23H18Cl2N4O/c1-14-6-3-4-9-19(14)26-23(30)21-27-22(16-7-5-8-17(24)12-16)29(28-21)20-13-18(25)11-10-15(20)2/h3-13H,1-2H3,(H,26,30). The SMILES string of the molecule is Cc1ccccc1NC(=O)c1nc(-c2cccc(Cl)c2)n(-c2cc(Cl)ccc2C)n1. The minimum atomic E-state index is -0.397. The highest BCUT2D eigenvalue weighted by Crippen LogP contribution is 2.27. The maximum Gasteiger partial charge on any atom is 0.295 e. The van der Waals surface area contributed by atoms with Gasteiger partial charge < -0.3 is 5.32 Å². The number of aromatic nitrogens is 3. The van der Waals surface area contributed by atoms with Crippen molar-refractivity contribution in [1.82, 2.24) is 14.8 Å². The van der Waals surface area contributed by atoms with Crippen molar-refractivity contribution in [2.45, 2.75) is 13.8 Å². The maximum absolute atomic E-state index is 12.9. The lowest BCUT2D eigenvalue weighted by Crippen LogP contribution is -2.15. The Hall–Kier alpha value is -3.15. The summed E-state index contributed by atoms with van der Waals surface area (Å²) in [5.41, 5.74) is 4.08. The Bertz CT molecular complexity index is 1250. The average Bonchev–Trinajstić information content (AvgIpc) is 3.17. The molecule has 1 aromatic heterocycles. The first-order valence-corrected chi connectivity index (χ1v) is 10.0. The Kier molecular flexibility index (Phi) is 5.57. The molecule has 3 aromatic carbocycles. The van der Waals surface area contributed by atoms with Gasteiger partial charge >= 0.3 is 0 Å². The fourth-order valence-corrected chi connectivity index (χ4v) is 3.45. The van der Waals surface area contributed by atoms with Gasteiger partial charge in [0.2, 0.25) is 5.82 Å². The highest BCUT2D eigenvalue weighted by molar-refractivity contribution is 6.31. The van der Waals surface area contributed by atoms with Crippen LogP contribution in [0, 0.1) is 13.8 Å². The minimum Gasteiger partial charge on any atom is -0.319 e. The normalized spacial score (nSPS) is 10.8. The number of halogens is 2. The first-order valence-electron chi connectivity index (χ1n) is 9.29. The molecule has 4 aromatic rings. The van der Waals surface area contributed by atoms with E-state index in [-0.39, 0.29) is 5.82 Å². The first kappa shape index (κ1) is 20.1. The second kappa shape index (κ2) is 8.30. The van der Waals surface area contributed by atoms with Gasteiger partial charge in [-0.15, -0.1) is 5.10 Å². The number of hydrogen-bond donors (Lipinski definition) is 1. The van der Waals surface area contributed by atoms with Gasteiger partial charge in [0.25, 0.3) is 5.91 Å². The number of hydrogen-bond acceptors (Lipinski definition) is 3. The van der Waals surface area contributed by atoms with E-state index in [0.717, 1.165) is 22.4 Å². The molecule has 0 saturated heterocycles. The van der Waals surface area contributed by atoms with Gasteiger partial charge in [-0.2, -0.15) is 0 Å². The molecule has 0 fully saturated rings. The van der Waals surface area contributed by atoms with E-state index in [1.165, 1.54) is 0 Å². The number of para-hydroxylation sites is 1. The number of carbonyl (C=O) groups is 1. The molecule has 0 aliphatic carbocycles. The second-order valence-corrected chi connectivity index (χ2v) is 7.75. The van der Waals surface area contributed by atoms with Crippen LogP contribution in [-0.4, -0.2) is 20.7 Å². The Morgan fingerprint density at radius 2 is 1.67 bits per heavy atom. The summed E-state index contributed by atoms with van der Waals surface area (Å²) in [6, 6.07) is 20.3. The van der Waals surface area contributed by atoms with E-state index in [9.17, 15) is 4.79 Å².